The number of hydrogen-bond acceptors (Lipinski definition) is 2. The second-order valence-corrected chi connectivity index (χ2v) is 3.76. The minimum absolute atomic E-state index is 0.121. The van der Waals surface area contributed by atoms with Crippen LogP contribution in [0.15, 0.2) is 41.4 Å². The molecule has 2 rings (SSSR count). The molecule has 0 fully saturated rings. The van der Waals surface area contributed by atoms with E-state index in [0.717, 1.165) is 0 Å². The number of aliphatic imine (C=N–C) groups is 1. The number of phenols is 1. The van der Waals surface area contributed by atoms with Gasteiger partial charge < -0.3 is 5.11 Å². The summed E-state index contributed by atoms with van der Waals surface area (Å²) in [5.41, 5.74) is 1.08. The molecule has 84 valence electrons. The average Bonchev–Trinajstić information content (AvgIpc) is 2.33. The van der Waals surface area contributed by atoms with Crippen LogP contribution in [-0.4, -0.2) is 27.0 Å². The molecular weight excluding hydrogens is 227 g/mol. The van der Waals surface area contributed by atoms with Gasteiger partial charge in [-0.05, 0) is 12.1 Å². The van der Waals surface area contributed by atoms with Crippen molar-refractivity contribution in [3.8, 4) is 5.75 Å². The number of benzene rings is 2. The first-order valence-corrected chi connectivity index (χ1v) is 5.24. The molecule has 0 aliphatic carbocycles. The van der Waals surface area contributed by atoms with E-state index < -0.39 is 5.82 Å². The van der Waals surface area contributed by atoms with Gasteiger partial charge in [-0.2, -0.15) is 0 Å². The van der Waals surface area contributed by atoms with E-state index in [4.69, 9.17) is 15.7 Å². The van der Waals surface area contributed by atoms with Crippen molar-refractivity contribution < 1.29 is 9.50 Å². The third kappa shape index (κ3) is 2.62. The van der Waals surface area contributed by atoms with Gasteiger partial charge in [0.05, 0.1) is 5.69 Å². The Balaban J connectivity index is 2.38. The van der Waals surface area contributed by atoms with Crippen LogP contribution in [0, 0.1) is 5.82 Å². The molecular formula is C13H8B2FNO. The number of halogens is 1. The topological polar surface area (TPSA) is 32.6 Å². The largest absolute Gasteiger partial charge is 0.508 e. The van der Waals surface area contributed by atoms with E-state index in [0.29, 0.717) is 11.0 Å². The lowest BCUT2D eigenvalue weighted by molar-refractivity contribution is 0.479. The number of nitrogens with zero attached hydrogens (tertiary/aromatic N) is 1. The minimum atomic E-state index is -0.440. The monoisotopic (exact) mass is 235 g/mol. The highest BCUT2D eigenvalue weighted by atomic mass is 19.1. The Morgan fingerprint density at radius 3 is 2.61 bits per heavy atom. The Morgan fingerprint density at radius 2 is 1.89 bits per heavy atom. The smallest absolute Gasteiger partial charge is 0.148 e. The van der Waals surface area contributed by atoms with E-state index in [2.05, 4.69) is 4.99 Å². The van der Waals surface area contributed by atoms with Crippen LogP contribution in [0.3, 0.4) is 0 Å². The SMILES string of the molecule is [B]c1cc([B])c(O)c(C=Nc2ccccc2F)c1. The molecule has 0 saturated carbocycles. The van der Waals surface area contributed by atoms with Gasteiger partial charge in [0, 0.05) is 11.8 Å². The van der Waals surface area contributed by atoms with Crippen LogP contribution >= 0.6 is 0 Å². The summed E-state index contributed by atoms with van der Waals surface area (Å²) >= 11 is 0. The van der Waals surface area contributed by atoms with Crippen LogP contribution in [0.1, 0.15) is 5.56 Å². The first-order valence-electron chi connectivity index (χ1n) is 5.24. The maximum absolute atomic E-state index is 13.3. The van der Waals surface area contributed by atoms with Gasteiger partial charge in [0.25, 0.3) is 0 Å². The van der Waals surface area contributed by atoms with E-state index in [1.54, 1.807) is 12.1 Å². The fraction of sp³-hybridized carbons (Fsp3) is 0. The third-order valence-electron chi connectivity index (χ3n) is 2.39. The van der Waals surface area contributed by atoms with Crippen molar-refractivity contribution in [2.75, 3.05) is 0 Å². The lowest BCUT2D eigenvalue weighted by Crippen LogP contribution is -2.15. The molecule has 18 heavy (non-hydrogen) atoms. The second kappa shape index (κ2) is 5.08. The van der Waals surface area contributed by atoms with Crippen molar-refractivity contribution in [1.82, 2.24) is 0 Å². The number of hydrogen-bond donors (Lipinski definition) is 1. The van der Waals surface area contributed by atoms with Gasteiger partial charge >= 0.3 is 0 Å². The highest BCUT2D eigenvalue weighted by molar-refractivity contribution is 6.39. The summed E-state index contributed by atoms with van der Waals surface area (Å²) in [4.78, 5) is 3.95. The molecule has 0 unspecified atom stereocenters. The van der Waals surface area contributed by atoms with Crippen molar-refractivity contribution in [2.24, 2.45) is 4.99 Å². The Hall–Kier alpha value is -2.03. The molecule has 0 amide bonds. The average molecular weight is 235 g/mol. The molecule has 5 heteroatoms. The Kier molecular flexibility index (Phi) is 3.51. The summed E-state index contributed by atoms with van der Waals surface area (Å²) in [5, 5.41) is 9.70. The van der Waals surface area contributed by atoms with Crippen molar-refractivity contribution >= 4 is 38.5 Å². The number of rotatable bonds is 2. The van der Waals surface area contributed by atoms with Crippen molar-refractivity contribution in [3.63, 3.8) is 0 Å². The normalized spacial score (nSPS) is 10.9. The molecule has 4 radical (unpaired) electrons. The van der Waals surface area contributed by atoms with E-state index >= 15 is 0 Å². The molecule has 1 N–H and O–H groups in total. The Bertz CT molecular complexity index is 614. The van der Waals surface area contributed by atoms with Crippen LogP contribution in [0.5, 0.6) is 5.75 Å². The van der Waals surface area contributed by atoms with Gasteiger partial charge in [0.1, 0.15) is 27.3 Å². The van der Waals surface area contributed by atoms with E-state index in [-0.39, 0.29) is 16.9 Å². The molecule has 0 atom stereocenters. The van der Waals surface area contributed by atoms with Crippen LogP contribution in [0.4, 0.5) is 10.1 Å². The van der Waals surface area contributed by atoms with Crippen molar-refractivity contribution in [2.45, 2.75) is 0 Å². The molecule has 2 aromatic rings. The Labute approximate surface area is 107 Å². The van der Waals surface area contributed by atoms with Crippen molar-refractivity contribution in [3.05, 3.63) is 47.8 Å². The van der Waals surface area contributed by atoms with Crippen LogP contribution < -0.4 is 10.9 Å². The first kappa shape index (κ1) is 12.4. The Morgan fingerprint density at radius 1 is 1.17 bits per heavy atom. The lowest BCUT2D eigenvalue weighted by Gasteiger charge is -2.05. The fourth-order valence-corrected chi connectivity index (χ4v) is 1.50. The number of para-hydroxylation sites is 1. The number of phenolic OH excluding ortho intramolecular Hbond substituents is 1. The summed E-state index contributed by atoms with van der Waals surface area (Å²) in [7, 11) is 11.2. The van der Waals surface area contributed by atoms with Crippen molar-refractivity contribution in [1.29, 1.82) is 0 Å². The van der Waals surface area contributed by atoms with Crippen LogP contribution in [-0.2, 0) is 0 Å². The molecule has 0 saturated heterocycles. The lowest BCUT2D eigenvalue weighted by atomic mass is 9.85. The molecule has 2 nitrogen and oxygen atoms in total. The first-order chi connectivity index (χ1) is 8.58. The highest BCUT2D eigenvalue weighted by Gasteiger charge is 2.03. The predicted octanol–water partition coefficient (Wildman–Crippen LogP) is 0.870. The van der Waals surface area contributed by atoms with Gasteiger partial charge in [-0.15, -0.1) is 0 Å². The molecule has 0 spiro atoms. The highest BCUT2D eigenvalue weighted by Crippen LogP contribution is 2.17. The van der Waals surface area contributed by atoms with E-state index in [1.807, 2.05) is 0 Å². The van der Waals surface area contributed by atoms with E-state index in [9.17, 15) is 9.50 Å². The van der Waals surface area contributed by atoms with E-state index in [1.165, 1.54) is 30.5 Å². The maximum atomic E-state index is 13.3. The van der Waals surface area contributed by atoms with Gasteiger partial charge in [-0.25, -0.2) is 4.39 Å². The summed E-state index contributed by atoms with van der Waals surface area (Å²) in [6.45, 7) is 0. The summed E-state index contributed by atoms with van der Waals surface area (Å²) in [5.74, 6) is -0.561. The molecule has 0 aliphatic heterocycles. The fourth-order valence-electron chi connectivity index (χ4n) is 1.50. The van der Waals surface area contributed by atoms with Gasteiger partial charge in [-0.1, -0.05) is 35.2 Å². The van der Waals surface area contributed by atoms with Crippen LogP contribution in [0.25, 0.3) is 0 Å². The minimum Gasteiger partial charge on any atom is -0.508 e. The summed E-state index contributed by atoms with van der Waals surface area (Å²) < 4.78 is 13.3. The van der Waals surface area contributed by atoms with Gasteiger partial charge in [-0.3, -0.25) is 4.99 Å². The zero-order valence-corrected chi connectivity index (χ0v) is 9.47. The quantitative estimate of drug-likeness (QED) is 0.607. The zero-order valence-electron chi connectivity index (χ0n) is 9.47. The summed E-state index contributed by atoms with van der Waals surface area (Å²) in [6.07, 6.45) is 1.32. The second-order valence-electron chi connectivity index (χ2n) is 3.76. The third-order valence-corrected chi connectivity index (χ3v) is 2.39. The molecule has 2 aromatic carbocycles. The van der Waals surface area contributed by atoms with Gasteiger partial charge in [0.15, 0.2) is 0 Å². The molecule has 0 bridgehead atoms. The molecule has 0 heterocycles. The maximum Gasteiger partial charge on any atom is 0.148 e. The summed E-state index contributed by atoms with van der Waals surface area (Å²) in [6, 6.07) is 9.03. The molecule has 0 aromatic heterocycles. The molecule has 0 aliphatic rings. The van der Waals surface area contributed by atoms with Crippen LogP contribution in [0.2, 0.25) is 0 Å². The number of aromatic hydroxyl groups is 1. The van der Waals surface area contributed by atoms with Gasteiger partial charge in [0.2, 0.25) is 0 Å². The standard InChI is InChI=1S/C13H8B2FNO/c14-9-5-8(13(18)10(15)6-9)7-17-12-4-2-1-3-11(12)16/h1-7,18H. The zero-order chi connectivity index (χ0) is 13.1. The predicted molar refractivity (Wildman–Crippen MR) is 72.5 cm³/mol.